The molecule has 3 nitrogen and oxygen atoms in total. The van der Waals surface area contributed by atoms with Gasteiger partial charge in [-0.25, -0.2) is 0 Å². The molecule has 0 aliphatic rings. The van der Waals surface area contributed by atoms with Crippen molar-refractivity contribution < 1.29 is 4.79 Å². The van der Waals surface area contributed by atoms with Crippen LogP contribution < -0.4 is 5.32 Å². The summed E-state index contributed by atoms with van der Waals surface area (Å²) in [5.41, 5.74) is 1.16. The van der Waals surface area contributed by atoms with E-state index in [9.17, 15) is 4.79 Å². The van der Waals surface area contributed by atoms with E-state index in [1.165, 1.54) is 0 Å². The van der Waals surface area contributed by atoms with E-state index in [4.69, 9.17) is 0 Å². The van der Waals surface area contributed by atoms with Crippen LogP contribution in [0, 0.1) is 0 Å². The van der Waals surface area contributed by atoms with Crippen molar-refractivity contribution in [1.29, 1.82) is 0 Å². The van der Waals surface area contributed by atoms with Crippen molar-refractivity contribution in [3.63, 3.8) is 0 Å². The van der Waals surface area contributed by atoms with Crippen LogP contribution in [0.25, 0.3) is 0 Å². The van der Waals surface area contributed by atoms with Gasteiger partial charge in [-0.15, -0.1) is 0 Å². The average Bonchev–Trinajstić information content (AvgIpc) is 2.25. The summed E-state index contributed by atoms with van der Waals surface area (Å²) < 4.78 is 0. The molecule has 1 N–H and O–H groups in total. The van der Waals surface area contributed by atoms with Crippen molar-refractivity contribution in [2.45, 2.75) is 26.2 Å². The summed E-state index contributed by atoms with van der Waals surface area (Å²) in [6.07, 6.45) is 5.83. The number of rotatable bonds is 5. The molecule has 1 aromatic heterocycles. The highest BCUT2D eigenvalue weighted by atomic mass is 16.1. The fraction of sp³-hybridized carbons (Fsp3) is 0.455. The Hall–Kier alpha value is -1.38. The van der Waals surface area contributed by atoms with Gasteiger partial charge in [-0.05, 0) is 30.5 Å². The van der Waals surface area contributed by atoms with Crippen molar-refractivity contribution in [3.05, 3.63) is 30.1 Å². The number of hydrogen-bond acceptors (Lipinski definition) is 2. The second-order valence-electron chi connectivity index (χ2n) is 3.21. The number of amides is 1. The third-order valence-electron chi connectivity index (χ3n) is 1.96. The second-order valence-corrected chi connectivity index (χ2v) is 3.21. The molecule has 0 saturated carbocycles. The fourth-order valence-corrected chi connectivity index (χ4v) is 1.16. The number of nitrogens with one attached hydrogen (secondary N) is 1. The fourth-order valence-electron chi connectivity index (χ4n) is 1.16. The molecule has 0 unspecified atom stereocenters. The smallest absolute Gasteiger partial charge is 0.220 e. The Morgan fingerprint density at radius 2 is 2.14 bits per heavy atom. The summed E-state index contributed by atoms with van der Waals surface area (Å²) in [4.78, 5) is 15.2. The van der Waals surface area contributed by atoms with Crippen LogP contribution in [-0.4, -0.2) is 17.4 Å². The maximum Gasteiger partial charge on any atom is 0.220 e. The third-order valence-corrected chi connectivity index (χ3v) is 1.96. The van der Waals surface area contributed by atoms with Crippen LogP contribution in [-0.2, 0) is 11.2 Å². The normalized spacial score (nSPS) is 9.79. The van der Waals surface area contributed by atoms with Crippen LogP contribution in [0.4, 0.5) is 0 Å². The first-order valence-corrected chi connectivity index (χ1v) is 4.98. The number of nitrogens with zero attached hydrogens (tertiary/aromatic N) is 1. The topological polar surface area (TPSA) is 42.0 Å². The van der Waals surface area contributed by atoms with E-state index in [-0.39, 0.29) is 5.91 Å². The Bertz CT molecular complexity index is 272. The van der Waals surface area contributed by atoms with Crippen LogP contribution in [0.1, 0.15) is 25.3 Å². The zero-order chi connectivity index (χ0) is 10.2. The molecule has 0 atom stereocenters. The summed E-state index contributed by atoms with van der Waals surface area (Å²) in [6, 6.07) is 3.88. The predicted molar refractivity (Wildman–Crippen MR) is 55.9 cm³/mol. The summed E-state index contributed by atoms with van der Waals surface area (Å²) in [5, 5.41) is 2.85. The number of hydrogen-bond donors (Lipinski definition) is 1. The number of pyridine rings is 1. The quantitative estimate of drug-likeness (QED) is 0.769. The van der Waals surface area contributed by atoms with Gasteiger partial charge in [-0.3, -0.25) is 9.78 Å². The van der Waals surface area contributed by atoms with Crippen LogP contribution >= 0.6 is 0 Å². The highest BCUT2D eigenvalue weighted by Crippen LogP contribution is 2.00. The third kappa shape index (κ3) is 4.03. The highest BCUT2D eigenvalue weighted by molar-refractivity contribution is 5.76. The van der Waals surface area contributed by atoms with Gasteiger partial charge in [0, 0.05) is 25.4 Å². The van der Waals surface area contributed by atoms with Crippen LogP contribution in [0.15, 0.2) is 24.5 Å². The summed E-state index contributed by atoms with van der Waals surface area (Å²) in [6.45, 7) is 2.82. The molecule has 1 aromatic rings. The van der Waals surface area contributed by atoms with Gasteiger partial charge < -0.3 is 5.32 Å². The molecule has 0 aliphatic heterocycles. The number of carbonyl (C=O) groups excluding carboxylic acids is 1. The first kappa shape index (κ1) is 10.7. The second kappa shape index (κ2) is 6.13. The lowest BCUT2D eigenvalue weighted by Crippen LogP contribution is -2.24. The maximum absolute atomic E-state index is 11.2. The van der Waals surface area contributed by atoms with Crippen LogP contribution in [0.5, 0.6) is 0 Å². The first-order chi connectivity index (χ1) is 6.83. The molecule has 1 amide bonds. The Morgan fingerprint density at radius 3 is 2.79 bits per heavy atom. The Labute approximate surface area is 84.6 Å². The number of aromatic nitrogens is 1. The molecule has 76 valence electrons. The van der Waals surface area contributed by atoms with Crippen molar-refractivity contribution in [3.8, 4) is 0 Å². The van der Waals surface area contributed by atoms with E-state index in [0.717, 1.165) is 24.9 Å². The minimum Gasteiger partial charge on any atom is -0.356 e. The first-order valence-electron chi connectivity index (χ1n) is 4.98. The van der Waals surface area contributed by atoms with E-state index in [2.05, 4.69) is 10.3 Å². The highest BCUT2D eigenvalue weighted by Gasteiger charge is 2.00. The monoisotopic (exact) mass is 192 g/mol. The molecule has 0 spiro atoms. The van der Waals surface area contributed by atoms with Crippen molar-refractivity contribution in [2.75, 3.05) is 6.54 Å². The van der Waals surface area contributed by atoms with E-state index in [1.807, 2.05) is 19.1 Å². The number of aryl methyl sites for hydroxylation is 1. The molecule has 0 bridgehead atoms. The standard InChI is InChI=1S/C11H16N2O/c1-2-7-13-11(14)4-3-10-5-8-12-9-6-10/h5-6,8-9H,2-4,7H2,1H3,(H,13,14). The Balaban J connectivity index is 2.24. The minimum atomic E-state index is 0.128. The van der Waals surface area contributed by atoms with Gasteiger partial charge in [-0.2, -0.15) is 0 Å². The molecule has 14 heavy (non-hydrogen) atoms. The Kier molecular flexibility index (Phi) is 4.69. The molecule has 0 saturated heterocycles. The molecular weight excluding hydrogens is 176 g/mol. The average molecular weight is 192 g/mol. The van der Waals surface area contributed by atoms with Crippen LogP contribution in [0.3, 0.4) is 0 Å². The Morgan fingerprint density at radius 1 is 1.43 bits per heavy atom. The molecule has 1 rings (SSSR count). The summed E-state index contributed by atoms with van der Waals surface area (Å²) in [7, 11) is 0. The minimum absolute atomic E-state index is 0.128. The molecule has 0 radical (unpaired) electrons. The van der Waals surface area contributed by atoms with E-state index < -0.39 is 0 Å². The van der Waals surface area contributed by atoms with Gasteiger partial charge in [0.1, 0.15) is 0 Å². The van der Waals surface area contributed by atoms with Gasteiger partial charge in [0.2, 0.25) is 5.91 Å². The lowest BCUT2D eigenvalue weighted by Gasteiger charge is -2.02. The van der Waals surface area contributed by atoms with Crippen LogP contribution in [0.2, 0.25) is 0 Å². The largest absolute Gasteiger partial charge is 0.356 e. The van der Waals surface area contributed by atoms with E-state index in [0.29, 0.717) is 6.42 Å². The van der Waals surface area contributed by atoms with E-state index in [1.54, 1.807) is 12.4 Å². The lowest BCUT2D eigenvalue weighted by molar-refractivity contribution is -0.121. The zero-order valence-electron chi connectivity index (χ0n) is 8.49. The van der Waals surface area contributed by atoms with Gasteiger partial charge in [0.05, 0.1) is 0 Å². The van der Waals surface area contributed by atoms with Gasteiger partial charge in [-0.1, -0.05) is 6.92 Å². The molecular formula is C11H16N2O. The van der Waals surface area contributed by atoms with Crippen molar-refractivity contribution in [1.82, 2.24) is 10.3 Å². The summed E-state index contributed by atoms with van der Waals surface area (Å²) >= 11 is 0. The molecule has 0 aliphatic carbocycles. The molecule has 0 aromatic carbocycles. The summed E-state index contributed by atoms with van der Waals surface area (Å²) in [5.74, 6) is 0.128. The van der Waals surface area contributed by atoms with Gasteiger partial charge >= 0.3 is 0 Å². The number of carbonyl (C=O) groups is 1. The molecule has 1 heterocycles. The zero-order valence-corrected chi connectivity index (χ0v) is 8.49. The maximum atomic E-state index is 11.2. The van der Waals surface area contributed by atoms with E-state index >= 15 is 0 Å². The van der Waals surface area contributed by atoms with Gasteiger partial charge in [0.15, 0.2) is 0 Å². The predicted octanol–water partition coefficient (Wildman–Crippen LogP) is 1.54. The van der Waals surface area contributed by atoms with Gasteiger partial charge in [0.25, 0.3) is 0 Å². The SMILES string of the molecule is CCCNC(=O)CCc1ccncc1. The van der Waals surface area contributed by atoms with Crippen molar-refractivity contribution >= 4 is 5.91 Å². The molecule has 0 fully saturated rings. The van der Waals surface area contributed by atoms with Crippen molar-refractivity contribution in [2.24, 2.45) is 0 Å². The lowest BCUT2D eigenvalue weighted by atomic mass is 10.1. The molecule has 3 heteroatoms.